The second-order valence-electron chi connectivity index (χ2n) is 7.78. The maximum atomic E-state index is 12.0. The highest BCUT2D eigenvalue weighted by Gasteiger charge is 2.32. The third kappa shape index (κ3) is 10.2. The third-order valence-corrected chi connectivity index (χ3v) is 5.04. The van der Waals surface area contributed by atoms with Crippen LogP contribution in [0.4, 0.5) is 9.59 Å². The lowest BCUT2D eigenvalue weighted by atomic mass is 9.82. The van der Waals surface area contributed by atoms with Gasteiger partial charge < -0.3 is 34.5 Å². The molecule has 1 aromatic rings. The fourth-order valence-electron chi connectivity index (χ4n) is 3.33. The summed E-state index contributed by atoms with van der Waals surface area (Å²) in [7, 11) is 0. The van der Waals surface area contributed by atoms with Gasteiger partial charge in [-0.05, 0) is 43.9 Å². The molecule has 0 radical (unpaired) electrons. The zero-order valence-electron chi connectivity index (χ0n) is 20.6. The lowest BCUT2D eigenvalue weighted by Gasteiger charge is -2.28. The van der Waals surface area contributed by atoms with Gasteiger partial charge in [0.05, 0.1) is 19.8 Å². The number of unbranched alkanes of at least 4 members (excludes halogenated alkanes) is 2. The van der Waals surface area contributed by atoms with Crippen LogP contribution in [-0.4, -0.2) is 55.2 Å². The summed E-state index contributed by atoms with van der Waals surface area (Å²) >= 11 is 0. The number of carboxylic acids is 1. The quantitative estimate of drug-likeness (QED) is 0.165. The van der Waals surface area contributed by atoms with Crippen molar-refractivity contribution in [1.29, 1.82) is 0 Å². The Bertz CT molecular complexity index is 857. The van der Waals surface area contributed by atoms with Crippen molar-refractivity contribution in [3.05, 3.63) is 23.8 Å². The van der Waals surface area contributed by atoms with Gasteiger partial charge in [-0.25, -0.2) is 9.59 Å². The zero-order chi connectivity index (χ0) is 26.4. The number of ether oxygens (including phenoxy) is 5. The second-order valence-corrected chi connectivity index (χ2v) is 7.78. The molecule has 1 rings (SSSR count). The topological polar surface area (TPSA) is 161 Å². The van der Waals surface area contributed by atoms with Crippen LogP contribution in [0.5, 0.6) is 11.5 Å². The van der Waals surface area contributed by atoms with Crippen molar-refractivity contribution >= 4 is 24.2 Å². The molecule has 196 valence electrons. The van der Waals surface area contributed by atoms with Crippen LogP contribution in [-0.2, 0) is 23.8 Å². The standard InChI is InChI=1S/C24H35NO10/c1-5-8-9-10-19(26)33-14-15(4)20(21(25)22(27)28)16-11-12-17(34-23(29)31-6-2)18(13-16)35-24(30)32-7-3/h11-13,15,20-21H,5-10,14,25H2,1-4H3,(H,27,28)/t15?,20?,21-/m0/s1. The van der Waals surface area contributed by atoms with Crippen LogP contribution in [0, 0.1) is 5.92 Å². The van der Waals surface area contributed by atoms with Crippen molar-refractivity contribution in [2.75, 3.05) is 19.8 Å². The fourth-order valence-corrected chi connectivity index (χ4v) is 3.33. The molecule has 11 heteroatoms. The molecule has 35 heavy (non-hydrogen) atoms. The van der Waals surface area contributed by atoms with Crippen LogP contribution in [0.3, 0.4) is 0 Å². The lowest BCUT2D eigenvalue weighted by molar-refractivity contribution is -0.145. The minimum absolute atomic E-state index is 0.0414. The Morgan fingerprint density at radius 3 is 2.06 bits per heavy atom. The first kappa shape index (κ1) is 29.7. The number of hydrogen-bond donors (Lipinski definition) is 2. The number of rotatable bonds is 14. The van der Waals surface area contributed by atoms with Crippen molar-refractivity contribution in [3.8, 4) is 11.5 Å². The number of benzene rings is 1. The average Bonchev–Trinajstić information content (AvgIpc) is 2.79. The Morgan fingerprint density at radius 1 is 0.914 bits per heavy atom. The van der Waals surface area contributed by atoms with Gasteiger partial charge in [-0.3, -0.25) is 9.59 Å². The van der Waals surface area contributed by atoms with E-state index in [-0.39, 0.29) is 43.7 Å². The molecule has 0 bridgehead atoms. The summed E-state index contributed by atoms with van der Waals surface area (Å²) in [4.78, 5) is 47.5. The summed E-state index contributed by atoms with van der Waals surface area (Å²) < 4.78 is 25.1. The number of aliphatic carboxylic acids is 1. The van der Waals surface area contributed by atoms with Crippen molar-refractivity contribution in [1.82, 2.24) is 0 Å². The predicted molar refractivity (Wildman–Crippen MR) is 124 cm³/mol. The third-order valence-electron chi connectivity index (χ3n) is 5.04. The monoisotopic (exact) mass is 497 g/mol. The molecule has 0 aromatic heterocycles. The largest absolute Gasteiger partial charge is 0.513 e. The first-order valence-corrected chi connectivity index (χ1v) is 11.6. The van der Waals surface area contributed by atoms with Crippen molar-refractivity contribution < 1.29 is 48.0 Å². The zero-order valence-corrected chi connectivity index (χ0v) is 20.6. The van der Waals surface area contributed by atoms with E-state index in [1.165, 1.54) is 18.2 Å². The number of hydrogen-bond acceptors (Lipinski definition) is 10. The van der Waals surface area contributed by atoms with Crippen molar-refractivity contribution in [3.63, 3.8) is 0 Å². The normalized spacial score (nSPS) is 13.2. The molecule has 0 aliphatic heterocycles. The fraction of sp³-hybridized carbons (Fsp3) is 0.583. The maximum absolute atomic E-state index is 12.0. The van der Waals surface area contributed by atoms with E-state index >= 15 is 0 Å². The molecule has 0 fully saturated rings. The van der Waals surface area contributed by atoms with Crippen molar-refractivity contribution in [2.24, 2.45) is 11.7 Å². The van der Waals surface area contributed by atoms with Crippen LogP contribution in [0.15, 0.2) is 18.2 Å². The van der Waals surface area contributed by atoms with Crippen LogP contribution in [0.2, 0.25) is 0 Å². The Labute approximate surface area is 204 Å². The Hall–Kier alpha value is -3.34. The molecule has 0 saturated carbocycles. The molecular formula is C24H35NO10. The molecule has 11 nitrogen and oxygen atoms in total. The van der Waals surface area contributed by atoms with Crippen LogP contribution >= 0.6 is 0 Å². The predicted octanol–water partition coefficient (Wildman–Crippen LogP) is 4.01. The van der Waals surface area contributed by atoms with Crippen LogP contribution in [0.25, 0.3) is 0 Å². The molecule has 0 heterocycles. The number of carbonyl (C=O) groups is 4. The molecule has 0 spiro atoms. The summed E-state index contributed by atoms with van der Waals surface area (Å²) in [5.74, 6) is -3.33. The molecule has 0 saturated heterocycles. The van der Waals surface area contributed by atoms with E-state index in [2.05, 4.69) is 0 Å². The summed E-state index contributed by atoms with van der Waals surface area (Å²) in [6.45, 7) is 6.94. The van der Waals surface area contributed by atoms with Gasteiger partial charge in [0.2, 0.25) is 0 Å². The summed E-state index contributed by atoms with van der Waals surface area (Å²) in [5.41, 5.74) is 6.34. The number of nitrogens with two attached hydrogens (primary N) is 1. The van der Waals surface area contributed by atoms with Gasteiger partial charge in [0.1, 0.15) is 6.04 Å². The van der Waals surface area contributed by atoms with E-state index < -0.39 is 36.2 Å². The summed E-state index contributed by atoms with van der Waals surface area (Å²) in [6, 6.07) is 2.78. The van der Waals surface area contributed by atoms with Gasteiger partial charge in [-0.2, -0.15) is 0 Å². The Balaban J connectivity index is 3.22. The molecular weight excluding hydrogens is 462 g/mol. The van der Waals surface area contributed by atoms with Crippen molar-refractivity contribution in [2.45, 2.75) is 65.3 Å². The molecule has 0 aliphatic carbocycles. The molecule has 1 aromatic carbocycles. The van der Waals surface area contributed by atoms with Crippen LogP contribution < -0.4 is 15.2 Å². The highest BCUT2D eigenvalue weighted by atomic mass is 16.7. The Kier molecular flexibility index (Phi) is 13.2. The molecule has 3 N–H and O–H groups in total. The van der Waals surface area contributed by atoms with Gasteiger partial charge in [0.25, 0.3) is 0 Å². The van der Waals surface area contributed by atoms with Gasteiger partial charge in [0.15, 0.2) is 11.5 Å². The average molecular weight is 498 g/mol. The first-order chi connectivity index (χ1) is 16.6. The lowest BCUT2D eigenvalue weighted by Crippen LogP contribution is -2.40. The molecule has 0 amide bonds. The minimum Gasteiger partial charge on any atom is -0.480 e. The maximum Gasteiger partial charge on any atom is 0.513 e. The van der Waals surface area contributed by atoms with E-state index in [1.807, 2.05) is 6.92 Å². The van der Waals surface area contributed by atoms with Gasteiger partial charge in [0, 0.05) is 12.3 Å². The highest BCUT2D eigenvalue weighted by molar-refractivity contribution is 5.75. The second kappa shape index (κ2) is 15.5. The van der Waals surface area contributed by atoms with E-state index in [4.69, 9.17) is 29.4 Å². The van der Waals surface area contributed by atoms with Gasteiger partial charge in [-0.1, -0.05) is 32.8 Å². The molecule has 0 aliphatic rings. The number of carboxylic acid groups (broad SMARTS) is 1. The van der Waals surface area contributed by atoms with E-state index in [0.29, 0.717) is 12.0 Å². The molecule has 2 unspecified atom stereocenters. The van der Waals surface area contributed by atoms with Gasteiger partial charge >= 0.3 is 24.2 Å². The highest BCUT2D eigenvalue weighted by Crippen LogP contribution is 2.36. The smallest absolute Gasteiger partial charge is 0.480 e. The number of carbonyl (C=O) groups excluding carboxylic acids is 3. The summed E-state index contributed by atoms with van der Waals surface area (Å²) in [6.07, 6.45) is 0.778. The van der Waals surface area contributed by atoms with Gasteiger partial charge in [-0.15, -0.1) is 0 Å². The van der Waals surface area contributed by atoms with E-state index in [9.17, 15) is 24.3 Å². The number of esters is 1. The minimum atomic E-state index is -1.36. The molecule has 3 atom stereocenters. The van der Waals surface area contributed by atoms with E-state index in [0.717, 1.165) is 12.8 Å². The first-order valence-electron chi connectivity index (χ1n) is 11.6. The Morgan fingerprint density at radius 2 is 1.51 bits per heavy atom. The summed E-state index contributed by atoms with van der Waals surface area (Å²) in [5, 5.41) is 9.58. The van der Waals surface area contributed by atoms with Crippen LogP contribution in [0.1, 0.15) is 64.9 Å². The van der Waals surface area contributed by atoms with E-state index in [1.54, 1.807) is 20.8 Å². The SMILES string of the molecule is CCCCCC(=O)OCC(C)C(c1ccc(OC(=O)OCC)c(OC(=O)OCC)c1)[C@H](N)C(=O)O.